The fourth-order valence-corrected chi connectivity index (χ4v) is 6.03. The maximum Gasteiger partial charge on any atom is 0.343 e. The molecule has 5 rings (SSSR count). The topological polar surface area (TPSA) is 67.4 Å². The lowest BCUT2D eigenvalue weighted by Crippen LogP contribution is -2.38. The fraction of sp³-hybridized carbons (Fsp3) is 0.333. The highest BCUT2D eigenvalue weighted by Gasteiger charge is 2.36. The van der Waals surface area contributed by atoms with Crippen LogP contribution in [0.2, 0.25) is 0 Å². The number of hydrogen-bond acceptors (Lipinski definition) is 5. The van der Waals surface area contributed by atoms with Crippen molar-refractivity contribution in [3.8, 4) is 5.75 Å². The standard InChI is InChI=1S/C27H28N2O3S/c1-27(2,3)18-11-14-20-21(15-18)33-25-22(20)24(30)28-23(29-25)16-9-12-19(13-10-16)32-26(31)17-7-5-4-6-8-17/h4-10,12-13,18,23,29H,11,14-15H2,1-3H3,(H,28,30)/t18-,23+/m1/s1. The summed E-state index contributed by atoms with van der Waals surface area (Å²) in [6.45, 7) is 6.91. The Morgan fingerprint density at radius 2 is 1.76 bits per heavy atom. The summed E-state index contributed by atoms with van der Waals surface area (Å²) < 4.78 is 5.47. The highest BCUT2D eigenvalue weighted by atomic mass is 32.1. The third kappa shape index (κ3) is 4.27. The summed E-state index contributed by atoms with van der Waals surface area (Å²) in [6.07, 6.45) is 2.81. The number of esters is 1. The number of amides is 1. The van der Waals surface area contributed by atoms with Gasteiger partial charge in [-0.3, -0.25) is 4.79 Å². The quantitative estimate of drug-likeness (QED) is 0.373. The zero-order chi connectivity index (χ0) is 23.2. The van der Waals surface area contributed by atoms with E-state index in [4.69, 9.17) is 4.74 Å². The summed E-state index contributed by atoms with van der Waals surface area (Å²) in [6, 6.07) is 16.2. The van der Waals surface area contributed by atoms with Crippen LogP contribution in [-0.2, 0) is 12.8 Å². The second-order valence-corrected chi connectivity index (χ2v) is 11.0. The van der Waals surface area contributed by atoms with Crippen LogP contribution in [0.15, 0.2) is 54.6 Å². The minimum atomic E-state index is -0.394. The van der Waals surface area contributed by atoms with Crippen LogP contribution in [0.25, 0.3) is 0 Å². The van der Waals surface area contributed by atoms with Crippen molar-refractivity contribution in [3.05, 3.63) is 81.7 Å². The predicted octanol–water partition coefficient (Wildman–Crippen LogP) is 5.97. The highest BCUT2D eigenvalue weighted by molar-refractivity contribution is 7.16. The van der Waals surface area contributed by atoms with Gasteiger partial charge in [0.05, 0.1) is 11.1 Å². The molecule has 0 bridgehead atoms. The van der Waals surface area contributed by atoms with E-state index in [1.807, 2.05) is 18.2 Å². The van der Waals surface area contributed by atoms with Crippen LogP contribution in [0, 0.1) is 11.3 Å². The largest absolute Gasteiger partial charge is 0.423 e. The van der Waals surface area contributed by atoms with Crippen molar-refractivity contribution in [1.82, 2.24) is 5.32 Å². The number of thiophene rings is 1. The monoisotopic (exact) mass is 460 g/mol. The molecule has 0 radical (unpaired) electrons. The third-order valence-corrected chi connectivity index (χ3v) is 7.89. The van der Waals surface area contributed by atoms with E-state index < -0.39 is 5.97 Å². The normalized spacial score (nSPS) is 19.7. The number of hydrogen-bond donors (Lipinski definition) is 2. The summed E-state index contributed by atoms with van der Waals surface area (Å²) in [5.41, 5.74) is 3.74. The molecule has 33 heavy (non-hydrogen) atoms. The number of ether oxygens (including phenoxy) is 1. The number of anilines is 1. The van der Waals surface area contributed by atoms with Crippen LogP contribution in [0.4, 0.5) is 5.00 Å². The van der Waals surface area contributed by atoms with Crippen molar-refractivity contribution >= 4 is 28.2 Å². The molecule has 2 N–H and O–H groups in total. The van der Waals surface area contributed by atoms with Gasteiger partial charge >= 0.3 is 5.97 Å². The smallest absolute Gasteiger partial charge is 0.343 e. The number of carbonyl (C=O) groups excluding carboxylic acids is 2. The zero-order valence-electron chi connectivity index (χ0n) is 19.1. The lowest BCUT2D eigenvalue weighted by Gasteiger charge is -2.34. The molecule has 2 aliphatic rings. The summed E-state index contributed by atoms with van der Waals surface area (Å²) >= 11 is 1.73. The summed E-state index contributed by atoms with van der Waals surface area (Å²) in [4.78, 5) is 26.7. The van der Waals surface area contributed by atoms with Gasteiger partial charge < -0.3 is 15.4 Å². The van der Waals surface area contributed by atoms with Crippen LogP contribution >= 0.6 is 11.3 Å². The molecule has 0 fully saturated rings. The molecule has 5 nitrogen and oxygen atoms in total. The van der Waals surface area contributed by atoms with Crippen molar-refractivity contribution in [2.24, 2.45) is 11.3 Å². The van der Waals surface area contributed by atoms with Crippen molar-refractivity contribution in [3.63, 3.8) is 0 Å². The second kappa shape index (κ2) is 8.34. The molecule has 0 saturated carbocycles. The van der Waals surface area contributed by atoms with Gasteiger partial charge in [0.2, 0.25) is 0 Å². The van der Waals surface area contributed by atoms with E-state index in [1.54, 1.807) is 47.7 Å². The third-order valence-electron chi connectivity index (χ3n) is 6.70. The molecule has 1 amide bonds. The first kappa shape index (κ1) is 21.7. The average Bonchev–Trinajstić information content (AvgIpc) is 3.18. The van der Waals surface area contributed by atoms with E-state index in [0.717, 1.165) is 35.4 Å². The Morgan fingerprint density at radius 1 is 1.03 bits per heavy atom. The molecular weight excluding hydrogens is 432 g/mol. The van der Waals surface area contributed by atoms with Gasteiger partial charge in [-0.2, -0.15) is 0 Å². The molecule has 170 valence electrons. The van der Waals surface area contributed by atoms with Crippen LogP contribution in [0.5, 0.6) is 5.75 Å². The van der Waals surface area contributed by atoms with Crippen LogP contribution in [0.1, 0.15) is 70.1 Å². The van der Waals surface area contributed by atoms with Gasteiger partial charge in [0.1, 0.15) is 16.9 Å². The fourth-order valence-electron chi connectivity index (χ4n) is 4.67. The van der Waals surface area contributed by atoms with E-state index in [-0.39, 0.29) is 17.5 Å². The first-order chi connectivity index (χ1) is 15.8. The van der Waals surface area contributed by atoms with Gasteiger partial charge in [0.15, 0.2) is 0 Å². The SMILES string of the molecule is CC(C)(C)[C@@H]1CCc2c(sc3c2C(=O)N[C@H](c2ccc(OC(=O)c4ccccc4)cc2)N3)C1. The lowest BCUT2D eigenvalue weighted by molar-refractivity contribution is 0.0734. The number of benzene rings is 2. The van der Waals surface area contributed by atoms with Gasteiger partial charge in [-0.05, 0) is 66.0 Å². The Labute approximate surface area is 198 Å². The Hall–Kier alpha value is -3.12. The van der Waals surface area contributed by atoms with E-state index in [9.17, 15) is 9.59 Å². The van der Waals surface area contributed by atoms with Gasteiger partial charge in [0.25, 0.3) is 5.91 Å². The number of rotatable bonds is 3. The first-order valence-electron chi connectivity index (χ1n) is 11.4. The van der Waals surface area contributed by atoms with Crippen LogP contribution in [-0.4, -0.2) is 11.9 Å². The maximum atomic E-state index is 13.0. The molecule has 0 spiro atoms. The van der Waals surface area contributed by atoms with E-state index >= 15 is 0 Å². The first-order valence-corrected chi connectivity index (χ1v) is 12.2. The van der Waals surface area contributed by atoms with Crippen LogP contribution in [0.3, 0.4) is 0 Å². The van der Waals surface area contributed by atoms with E-state index in [2.05, 4.69) is 31.4 Å². The molecule has 2 heterocycles. The van der Waals surface area contributed by atoms with Crippen molar-refractivity contribution in [1.29, 1.82) is 0 Å². The van der Waals surface area contributed by atoms with Crippen molar-refractivity contribution in [2.45, 2.75) is 46.2 Å². The number of fused-ring (bicyclic) bond motifs is 3. The van der Waals surface area contributed by atoms with Crippen LogP contribution < -0.4 is 15.4 Å². The molecular formula is C27H28N2O3S. The van der Waals surface area contributed by atoms with Crippen molar-refractivity contribution < 1.29 is 14.3 Å². The molecule has 0 saturated heterocycles. The summed E-state index contributed by atoms with van der Waals surface area (Å²) in [5, 5.41) is 7.58. The Balaban J connectivity index is 1.31. The minimum Gasteiger partial charge on any atom is -0.423 e. The average molecular weight is 461 g/mol. The number of nitrogens with one attached hydrogen (secondary N) is 2. The molecule has 1 aliphatic heterocycles. The molecule has 1 aliphatic carbocycles. The Morgan fingerprint density at radius 3 is 2.45 bits per heavy atom. The minimum absolute atomic E-state index is 0.0139. The highest BCUT2D eigenvalue weighted by Crippen LogP contribution is 2.46. The van der Waals surface area contributed by atoms with Gasteiger partial charge in [0, 0.05) is 4.88 Å². The maximum absolute atomic E-state index is 13.0. The van der Waals surface area contributed by atoms with Gasteiger partial charge in [-0.1, -0.05) is 51.1 Å². The molecule has 0 unspecified atom stereocenters. The van der Waals surface area contributed by atoms with Crippen molar-refractivity contribution in [2.75, 3.05) is 5.32 Å². The molecule has 2 atom stereocenters. The molecule has 1 aromatic heterocycles. The molecule has 3 aromatic rings. The second-order valence-electron chi connectivity index (χ2n) is 9.89. The lowest BCUT2D eigenvalue weighted by atomic mass is 9.72. The van der Waals surface area contributed by atoms with Gasteiger partial charge in [-0.15, -0.1) is 11.3 Å². The summed E-state index contributed by atoms with van der Waals surface area (Å²) in [7, 11) is 0. The Bertz CT molecular complexity index is 1190. The van der Waals surface area contributed by atoms with Gasteiger partial charge in [-0.25, -0.2) is 4.79 Å². The van der Waals surface area contributed by atoms with E-state index in [1.165, 1.54) is 10.4 Å². The van der Waals surface area contributed by atoms with E-state index in [0.29, 0.717) is 17.2 Å². The Kier molecular flexibility index (Phi) is 5.49. The zero-order valence-corrected chi connectivity index (χ0v) is 19.9. The summed E-state index contributed by atoms with van der Waals surface area (Å²) in [5.74, 6) is 0.695. The molecule has 6 heteroatoms. The predicted molar refractivity (Wildman–Crippen MR) is 131 cm³/mol. The number of carbonyl (C=O) groups is 2. The molecule has 2 aromatic carbocycles.